The molecule has 0 N–H and O–H groups in total. The molecule has 0 heterocycles. The molecular formula is C11H12OS2. The van der Waals surface area contributed by atoms with Crippen molar-refractivity contribution in [3.63, 3.8) is 0 Å². The number of thioether (sulfide) groups is 2. The number of hydrogen-bond acceptors (Lipinski definition) is 3. The molecular weight excluding hydrogens is 212 g/mol. The van der Waals surface area contributed by atoms with Crippen molar-refractivity contribution >= 4 is 28.0 Å². The minimum Gasteiger partial charge on any atom is -0.274 e. The fraction of sp³-hybridized carbons (Fsp3) is 0.182. The molecule has 0 aromatic heterocycles. The Bertz CT molecular complexity index is 308. The fourth-order valence-corrected chi connectivity index (χ4v) is 2.34. The first kappa shape index (κ1) is 11.4. The van der Waals surface area contributed by atoms with E-state index in [0.29, 0.717) is 0 Å². The minimum atomic E-state index is 0.0659. The second-order valence-electron chi connectivity index (χ2n) is 2.64. The van der Waals surface area contributed by atoms with Gasteiger partial charge < -0.3 is 0 Å². The lowest BCUT2D eigenvalue weighted by Crippen LogP contribution is -1.92. The molecule has 0 fully saturated rings. The van der Waals surface area contributed by atoms with Gasteiger partial charge in [0.05, 0.1) is 5.25 Å². The van der Waals surface area contributed by atoms with E-state index in [1.165, 1.54) is 23.5 Å². The predicted molar refractivity (Wildman–Crippen MR) is 65.9 cm³/mol. The SMILES string of the molecule is C=C[C@@H](SC(=O)SC)c1ccccc1. The summed E-state index contributed by atoms with van der Waals surface area (Å²) in [5.41, 5.74) is 1.12. The molecule has 0 aliphatic carbocycles. The first-order chi connectivity index (χ1) is 6.77. The quantitative estimate of drug-likeness (QED) is 0.719. The van der Waals surface area contributed by atoms with Crippen molar-refractivity contribution in [1.29, 1.82) is 0 Å². The number of carbonyl (C=O) groups is 1. The molecule has 74 valence electrons. The molecule has 1 nitrogen and oxygen atoms in total. The maximum atomic E-state index is 11.2. The van der Waals surface area contributed by atoms with E-state index >= 15 is 0 Å². The Kier molecular flexibility index (Phi) is 4.84. The van der Waals surface area contributed by atoms with Gasteiger partial charge in [-0.05, 0) is 11.8 Å². The molecule has 0 unspecified atom stereocenters. The van der Waals surface area contributed by atoms with Gasteiger partial charge in [0.25, 0.3) is 0 Å². The maximum Gasteiger partial charge on any atom is 0.246 e. The highest BCUT2D eigenvalue weighted by Crippen LogP contribution is 2.33. The summed E-state index contributed by atoms with van der Waals surface area (Å²) in [6.45, 7) is 3.74. The molecule has 0 bridgehead atoms. The predicted octanol–water partition coefficient (Wildman–Crippen LogP) is 4.13. The monoisotopic (exact) mass is 224 g/mol. The van der Waals surface area contributed by atoms with Crippen LogP contribution < -0.4 is 0 Å². The van der Waals surface area contributed by atoms with Gasteiger partial charge in [0.2, 0.25) is 4.45 Å². The van der Waals surface area contributed by atoms with Gasteiger partial charge in [-0.15, -0.1) is 6.58 Å². The van der Waals surface area contributed by atoms with E-state index in [1.807, 2.05) is 30.3 Å². The highest BCUT2D eigenvalue weighted by molar-refractivity contribution is 8.38. The molecule has 0 spiro atoms. The molecule has 1 aromatic rings. The van der Waals surface area contributed by atoms with Crippen molar-refractivity contribution in [2.75, 3.05) is 6.26 Å². The van der Waals surface area contributed by atoms with Crippen LogP contribution >= 0.6 is 23.5 Å². The van der Waals surface area contributed by atoms with Crippen molar-refractivity contribution in [2.24, 2.45) is 0 Å². The Hall–Kier alpha value is -0.670. The van der Waals surface area contributed by atoms with Gasteiger partial charge in [-0.2, -0.15) is 0 Å². The Morgan fingerprint density at radius 3 is 2.57 bits per heavy atom. The van der Waals surface area contributed by atoms with Gasteiger partial charge in [-0.25, -0.2) is 0 Å². The number of rotatable bonds is 3. The third-order valence-corrected chi connectivity index (χ3v) is 3.77. The van der Waals surface area contributed by atoms with Crippen molar-refractivity contribution in [3.05, 3.63) is 48.6 Å². The molecule has 0 saturated carbocycles. The topological polar surface area (TPSA) is 17.1 Å². The van der Waals surface area contributed by atoms with Crippen molar-refractivity contribution in [1.82, 2.24) is 0 Å². The van der Waals surface area contributed by atoms with Gasteiger partial charge in [0.1, 0.15) is 0 Å². The summed E-state index contributed by atoms with van der Waals surface area (Å²) in [5.74, 6) is 0. The van der Waals surface area contributed by atoms with E-state index in [2.05, 4.69) is 6.58 Å². The smallest absolute Gasteiger partial charge is 0.246 e. The summed E-state index contributed by atoms with van der Waals surface area (Å²) < 4.78 is 0.124. The lowest BCUT2D eigenvalue weighted by Gasteiger charge is -2.09. The van der Waals surface area contributed by atoms with E-state index in [0.717, 1.165) is 5.56 Å². The zero-order valence-electron chi connectivity index (χ0n) is 7.97. The lowest BCUT2D eigenvalue weighted by molar-refractivity contribution is 0.276. The van der Waals surface area contributed by atoms with E-state index in [-0.39, 0.29) is 9.70 Å². The van der Waals surface area contributed by atoms with E-state index in [9.17, 15) is 4.79 Å². The van der Waals surface area contributed by atoms with Crippen LogP contribution in [0.1, 0.15) is 10.8 Å². The van der Waals surface area contributed by atoms with Gasteiger partial charge >= 0.3 is 0 Å². The highest BCUT2D eigenvalue weighted by Gasteiger charge is 2.11. The van der Waals surface area contributed by atoms with Crippen LogP contribution in [-0.2, 0) is 0 Å². The van der Waals surface area contributed by atoms with E-state index in [1.54, 1.807) is 12.3 Å². The molecule has 0 amide bonds. The summed E-state index contributed by atoms with van der Waals surface area (Å²) in [5, 5.41) is 0.0659. The Morgan fingerprint density at radius 1 is 1.43 bits per heavy atom. The van der Waals surface area contributed by atoms with Gasteiger partial charge in [0, 0.05) is 0 Å². The van der Waals surface area contributed by atoms with Crippen molar-refractivity contribution < 1.29 is 4.79 Å². The molecule has 3 heteroatoms. The maximum absolute atomic E-state index is 11.2. The summed E-state index contributed by atoms with van der Waals surface area (Å²) >= 11 is 2.54. The third-order valence-electron chi connectivity index (χ3n) is 1.73. The summed E-state index contributed by atoms with van der Waals surface area (Å²) in [7, 11) is 0. The first-order valence-electron chi connectivity index (χ1n) is 4.20. The molecule has 0 radical (unpaired) electrons. The Balaban J connectivity index is 2.73. The molecule has 0 aliphatic heterocycles. The van der Waals surface area contributed by atoms with Gasteiger partial charge in [0.15, 0.2) is 0 Å². The lowest BCUT2D eigenvalue weighted by atomic mass is 10.1. The molecule has 1 aromatic carbocycles. The number of carbonyl (C=O) groups excluding carboxylic acids is 1. The standard InChI is InChI=1S/C11H12OS2/c1-3-10(14-11(12)13-2)9-7-5-4-6-8-9/h3-8,10H,1H2,2H3/t10-/m1/s1. The van der Waals surface area contributed by atoms with Crippen LogP contribution in [0.4, 0.5) is 4.79 Å². The Morgan fingerprint density at radius 2 is 2.07 bits per heavy atom. The second kappa shape index (κ2) is 5.94. The minimum absolute atomic E-state index is 0.0659. The van der Waals surface area contributed by atoms with E-state index < -0.39 is 0 Å². The first-order valence-corrected chi connectivity index (χ1v) is 6.30. The van der Waals surface area contributed by atoms with Crippen LogP contribution in [0.5, 0.6) is 0 Å². The normalized spacial score (nSPS) is 12.1. The van der Waals surface area contributed by atoms with Crippen molar-refractivity contribution in [3.8, 4) is 0 Å². The number of benzene rings is 1. The molecule has 1 rings (SSSR count). The summed E-state index contributed by atoms with van der Waals surface area (Å²) in [4.78, 5) is 11.2. The average molecular weight is 224 g/mol. The summed E-state index contributed by atoms with van der Waals surface area (Å²) in [6.07, 6.45) is 3.59. The molecule has 0 aliphatic rings. The second-order valence-corrected chi connectivity index (χ2v) is 4.79. The van der Waals surface area contributed by atoms with Crippen LogP contribution in [-0.4, -0.2) is 10.7 Å². The fourth-order valence-electron chi connectivity index (χ4n) is 1.05. The molecule has 0 saturated heterocycles. The zero-order valence-corrected chi connectivity index (χ0v) is 9.61. The van der Waals surface area contributed by atoms with Gasteiger partial charge in [-0.3, -0.25) is 4.79 Å². The number of hydrogen-bond donors (Lipinski definition) is 0. The molecule has 1 atom stereocenters. The highest BCUT2D eigenvalue weighted by atomic mass is 32.2. The van der Waals surface area contributed by atoms with Crippen LogP contribution in [0.2, 0.25) is 0 Å². The van der Waals surface area contributed by atoms with Crippen LogP contribution in [0.15, 0.2) is 43.0 Å². The van der Waals surface area contributed by atoms with Crippen LogP contribution in [0.3, 0.4) is 0 Å². The third kappa shape index (κ3) is 3.24. The molecule has 14 heavy (non-hydrogen) atoms. The Labute approximate surface area is 93.0 Å². The summed E-state index contributed by atoms with van der Waals surface area (Å²) in [6, 6.07) is 9.91. The zero-order chi connectivity index (χ0) is 10.4. The van der Waals surface area contributed by atoms with Gasteiger partial charge in [-0.1, -0.05) is 59.9 Å². The van der Waals surface area contributed by atoms with E-state index in [4.69, 9.17) is 0 Å². The van der Waals surface area contributed by atoms with Crippen LogP contribution in [0.25, 0.3) is 0 Å². The average Bonchev–Trinajstić information content (AvgIpc) is 2.26. The van der Waals surface area contributed by atoms with Crippen LogP contribution in [0, 0.1) is 0 Å². The largest absolute Gasteiger partial charge is 0.274 e. The van der Waals surface area contributed by atoms with Crippen molar-refractivity contribution in [2.45, 2.75) is 5.25 Å².